The van der Waals surface area contributed by atoms with Crippen LogP contribution in [0.5, 0.6) is 5.75 Å². The second-order valence-electron chi connectivity index (χ2n) is 4.69. The molecule has 0 saturated carbocycles. The fraction of sp³-hybridized carbons (Fsp3) is 0.235. The van der Waals surface area contributed by atoms with Crippen molar-refractivity contribution in [2.75, 3.05) is 0 Å². The van der Waals surface area contributed by atoms with Gasteiger partial charge in [0.15, 0.2) is 0 Å². The number of phenols is 1. The summed E-state index contributed by atoms with van der Waals surface area (Å²) >= 11 is 0. The van der Waals surface area contributed by atoms with E-state index in [1.54, 1.807) is 6.21 Å². The SMILES string of the molecule is Cc1cc(C)c(O)c(C=Nn2c(C)ccc2C)c1.[CH3-].[CH3-].[Ni+2]. The topological polar surface area (TPSA) is 37.5 Å². The molecular formula is C17H24N2NiO. The Balaban J connectivity index is 0. The van der Waals surface area contributed by atoms with E-state index in [0.29, 0.717) is 5.75 Å². The Morgan fingerprint density at radius 3 is 2.05 bits per heavy atom. The van der Waals surface area contributed by atoms with E-state index >= 15 is 0 Å². The number of phenolic OH excluding ortho intramolecular Hbond substituents is 1. The number of nitrogens with zero attached hydrogens (tertiary/aromatic N) is 2. The van der Waals surface area contributed by atoms with E-state index in [2.05, 4.69) is 5.10 Å². The quantitative estimate of drug-likeness (QED) is 0.500. The zero-order chi connectivity index (χ0) is 13.3. The number of benzene rings is 1. The molecule has 1 heterocycles. The minimum absolute atomic E-state index is 0. The Morgan fingerprint density at radius 1 is 1.00 bits per heavy atom. The van der Waals surface area contributed by atoms with Gasteiger partial charge in [-0.3, -0.25) is 0 Å². The molecule has 21 heavy (non-hydrogen) atoms. The van der Waals surface area contributed by atoms with Gasteiger partial charge >= 0.3 is 16.5 Å². The third-order valence-electron chi connectivity index (χ3n) is 3.02. The Labute approximate surface area is 138 Å². The molecule has 1 aromatic carbocycles. The van der Waals surface area contributed by atoms with Crippen LogP contribution in [-0.4, -0.2) is 16.0 Å². The molecule has 0 aliphatic carbocycles. The van der Waals surface area contributed by atoms with E-state index < -0.39 is 0 Å². The summed E-state index contributed by atoms with van der Waals surface area (Å²) in [7, 11) is 0. The molecule has 0 fully saturated rings. The maximum Gasteiger partial charge on any atom is 2.00 e. The average molecular weight is 331 g/mol. The molecule has 0 aliphatic rings. The molecule has 0 atom stereocenters. The maximum absolute atomic E-state index is 9.99. The second kappa shape index (κ2) is 8.68. The molecule has 1 aromatic heterocycles. The number of aromatic nitrogens is 1. The van der Waals surface area contributed by atoms with Gasteiger partial charge in [0.05, 0.1) is 6.21 Å². The molecule has 3 nitrogen and oxygen atoms in total. The minimum Gasteiger partial charge on any atom is -0.507 e. The smallest absolute Gasteiger partial charge is 0.507 e. The molecule has 0 aliphatic heterocycles. The minimum atomic E-state index is 0. The zero-order valence-electron chi connectivity index (χ0n) is 13.5. The van der Waals surface area contributed by atoms with Crippen LogP contribution >= 0.6 is 0 Å². The first kappa shape index (κ1) is 21.8. The Hall–Kier alpha value is -1.54. The Morgan fingerprint density at radius 2 is 1.52 bits per heavy atom. The monoisotopic (exact) mass is 330 g/mol. The summed E-state index contributed by atoms with van der Waals surface area (Å²) in [5.74, 6) is 0.298. The van der Waals surface area contributed by atoms with Crippen LogP contribution in [0.1, 0.15) is 28.1 Å². The second-order valence-corrected chi connectivity index (χ2v) is 4.69. The third-order valence-corrected chi connectivity index (χ3v) is 3.02. The van der Waals surface area contributed by atoms with Crippen LogP contribution in [0.3, 0.4) is 0 Å². The van der Waals surface area contributed by atoms with Crippen molar-refractivity contribution < 1.29 is 21.6 Å². The van der Waals surface area contributed by atoms with Crippen LogP contribution in [-0.2, 0) is 16.5 Å². The fourth-order valence-electron chi connectivity index (χ4n) is 2.05. The molecule has 0 amide bonds. The summed E-state index contributed by atoms with van der Waals surface area (Å²) < 4.78 is 1.86. The first-order valence-corrected chi connectivity index (χ1v) is 5.98. The van der Waals surface area contributed by atoms with Crippen molar-refractivity contribution in [1.29, 1.82) is 0 Å². The molecule has 0 unspecified atom stereocenters. The molecule has 2 rings (SSSR count). The number of hydrogen-bond donors (Lipinski definition) is 1. The molecule has 2 aromatic rings. The van der Waals surface area contributed by atoms with E-state index in [1.807, 2.05) is 56.6 Å². The first-order valence-electron chi connectivity index (χ1n) is 5.98. The number of aromatic hydroxyl groups is 1. The predicted octanol–water partition coefficient (Wildman–Crippen LogP) is 4.21. The molecule has 4 heteroatoms. The van der Waals surface area contributed by atoms with Crippen LogP contribution in [0, 0.1) is 42.5 Å². The van der Waals surface area contributed by atoms with Gasteiger partial charge in [-0.25, -0.2) is 4.68 Å². The molecular weight excluding hydrogens is 307 g/mol. The summed E-state index contributed by atoms with van der Waals surface area (Å²) in [6, 6.07) is 7.93. The predicted molar refractivity (Wildman–Crippen MR) is 87.3 cm³/mol. The van der Waals surface area contributed by atoms with Crippen LogP contribution in [0.2, 0.25) is 0 Å². The summed E-state index contributed by atoms with van der Waals surface area (Å²) in [5, 5.41) is 14.4. The van der Waals surface area contributed by atoms with Gasteiger partial charge in [-0.05, 0) is 57.0 Å². The van der Waals surface area contributed by atoms with Crippen molar-refractivity contribution in [3.8, 4) is 5.75 Å². The summed E-state index contributed by atoms with van der Waals surface area (Å²) in [6.07, 6.45) is 1.70. The van der Waals surface area contributed by atoms with Gasteiger partial charge in [-0.2, -0.15) is 5.10 Å². The molecule has 0 saturated heterocycles. The Kier molecular flexibility index (Phi) is 9.00. The average Bonchev–Trinajstić information content (AvgIpc) is 2.62. The van der Waals surface area contributed by atoms with Gasteiger partial charge in [0.25, 0.3) is 0 Å². The first-order chi connectivity index (χ1) is 8.49. The van der Waals surface area contributed by atoms with Crippen molar-refractivity contribution in [3.05, 3.63) is 67.2 Å². The van der Waals surface area contributed by atoms with E-state index in [1.165, 1.54) is 0 Å². The van der Waals surface area contributed by atoms with Crippen molar-refractivity contribution in [2.24, 2.45) is 5.10 Å². The normalized spacial score (nSPS) is 9.71. The van der Waals surface area contributed by atoms with Crippen LogP contribution in [0.15, 0.2) is 29.4 Å². The van der Waals surface area contributed by atoms with E-state index in [4.69, 9.17) is 0 Å². The fourth-order valence-corrected chi connectivity index (χ4v) is 2.05. The van der Waals surface area contributed by atoms with Crippen molar-refractivity contribution >= 4 is 6.21 Å². The van der Waals surface area contributed by atoms with Gasteiger partial charge in [0, 0.05) is 17.0 Å². The van der Waals surface area contributed by atoms with Crippen molar-refractivity contribution in [1.82, 2.24) is 4.68 Å². The number of hydrogen-bond acceptors (Lipinski definition) is 2. The summed E-state index contributed by atoms with van der Waals surface area (Å²) in [5.41, 5.74) is 4.89. The van der Waals surface area contributed by atoms with Crippen LogP contribution in [0.25, 0.3) is 0 Å². The van der Waals surface area contributed by atoms with E-state index in [0.717, 1.165) is 28.1 Å². The molecule has 1 N–H and O–H groups in total. The zero-order valence-corrected chi connectivity index (χ0v) is 14.5. The van der Waals surface area contributed by atoms with Crippen molar-refractivity contribution in [3.63, 3.8) is 0 Å². The van der Waals surface area contributed by atoms with Crippen LogP contribution in [0.4, 0.5) is 0 Å². The number of aryl methyl sites for hydroxylation is 4. The van der Waals surface area contributed by atoms with Gasteiger partial charge in [-0.1, -0.05) is 6.07 Å². The largest absolute Gasteiger partial charge is 2.00 e. The molecule has 0 bridgehead atoms. The standard InChI is InChI=1S/C15H18N2O.2CH3.Ni/c1-10-7-11(2)15(18)14(8-10)9-16-17-12(3)5-6-13(17)4;;;/h5-9,18H,1-4H3;2*1H3;/q;2*-1;+2. The Bertz CT molecular complexity index is 596. The van der Waals surface area contributed by atoms with Gasteiger partial charge < -0.3 is 20.0 Å². The van der Waals surface area contributed by atoms with Gasteiger partial charge in [0.2, 0.25) is 0 Å². The molecule has 0 radical (unpaired) electrons. The number of rotatable bonds is 2. The van der Waals surface area contributed by atoms with E-state index in [-0.39, 0.29) is 31.3 Å². The van der Waals surface area contributed by atoms with Gasteiger partial charge in [0.1, 0.15) is 5.75 Å². The molecule has 0 spiro atoms. The van der Waals surface area contributed by atoms with E-state index in [9.17, 15) is 5.11 Å². The maximum atomic E-state index is 9.99. The third kappa shape index (κ3) is 4.75. The van der Waals surface area contributed by atoms with Gasteiger partial charge in [-0.15, -0.1) is 0 Å². The summed E-state index contributed by atoms with van der Waals surface area (Å²) in [6.45, 7) is 7.92. The van der Waals surface area contributed by atoms with Crippen molar-refractivity contribution in [2.45, 2.75) is 27.7 Å². The molecule has 118 valence electrons. The van der Waals surface area contributed by atoms with Crippen LogP contribution < -0.4 is 0 Å². The summed E-state index contributed by atoms with van der Waals surface area (Å²) in [4.78, 5) is 0.